The molecule has 0 radical (unpaired) electrons. The van der Waals surface area contributed by atoms with Gasteiger partial charge in [-0.25, -0.2) is 8.42 Å². The van der Waals surface area contributed by atoms with E-state index in [1.54, 1.807) is 26.2 Å². The largest absolute Gasteiger partial charge is 0.354 e. The highest BCUT2D eigenvalue weighted by atomic mass is 127. The van der Waals surface area contributed by atoms with Crippen molar-refractivity contribution in [2.75, 3.05) is 14.1 Å². The molecule has 0 spiro atoms. The third-order valence-corrected chi connectivity index (χ3v) is 5.48. The number of halogens is 1. The summed E-state index contributed by atoms with van der Waals surface area (Å²) in [5.74, 6) is 0.719. The molecule has 8 heteroatoms. The minimum Gasteiger partial charge on any atom is -0.354 e. The molecule has 0 saturated carbocycles. The predicted octanol–water partition coefficient (Wildman–Crippen LogP) is 2.41. The van der Waals surface area contributed by atoms with Crippen LogP contribution in [-0.4, -0.2) is 44.9 Å². The molecular formula is C16H29IN4O2S. The van der Waals surface area contributed by atoms with Gasteiger partial charge in [-0.3, -0.25) is 4.99 Å². The van der Waals surface area contributed by atoms with Crippen molar-refractivity contribution in [1.29, 1.82) is 0 Å². The van der Waals surface area contributed by atoms with E-state index in [2.05, 4.69) is 15.6 Å². The quantitative estimate of drug-likeness (QED) is 0.382. The third-order valence-electron chi connectivity index (χ3n) is 3.44. The van der Waals surface area contributed by atoms with Crippen LogP contribution < -0.4 is 10.6 Å². The Labute approximate surface area is 163 Å². The fraction of sp³-hybridized carbons (Fsp3) is 0.562. The van der Waals surface area contributed by atoms with E-state index in [1.165, 1.54) is 4.31 Å². The topological polar surface area (TPSA) is 73.8 Å². The molecule has 1 rings (SSSR count). The van der Waals surface area contributed by atoms with Crippen LogP contribution in [0.1, 0.15) is 33.3 Å². The van der Waals surface area contributed by atoms with Crippen molar-refractivity contribution in [3.8, 4) is 0 Å². The van der Waals surface area contributed by atoms with Crippen LogP contribution in [0.15, 0.2) is 34.2 Å². The zero-order chi connectivity index (χ0) is 17.6. The normalized spacial score (nSPS) is 12.5. The van der Waals surface area contributed by atoms with E-state index >= 15 is 0 Å². The van der Waals surface area contributed by atoms with Gasteiger partial charge in [-0.15, -0.1) is 24.0 Å². The lowest BCUT2D eigenvalue weighted by molar-refractivity contribution is 0.410. The summed E-state index contributed by atoms with van der Waals surface area (Å²) in [5.41, 5.74) is 0.989. The third kappa shape index (κ3) is 6.56. The lowest BCUT2D eigenvalue weighted by atomic mass is 10.2. The highest BCUT2D eigenvalue weighted by Crippen LogP contribution is 2.17. The summed E-state index contributed by atoms with van der Waals surface area (Å²) in [5, 5.41) is 6.39. The van der Waals surface area contributed by atoms with Gasteiger partial charge in [0.05, 0.1) is 4.90 Å². The summed E-state index contributed by atoms with van der Waals surface area (Å²) < 4.78 is 26.2. The number of benzene rings is 1. The van der Waals surface area contributed by atoms with Gasteiger partial charge in [0.25, 0.3) is 0 Å². The van der Waals surface area contributed by atoms with Crippen molar-refractivity contribution in [2.45, 2.75) is 51.2 Å². The Morgan fingerprint density at radius 1 is 1.17 bits per heavy atom. The van der Waals surface area contributed by atoms with Gasteiger partial charge in [-0.05, 0) is 45.4 Å². The summed E-state index contributed by atoms with van der Waals surface area (Å²) in [6.45, 7) is 8.36. The number of guanidine groups is 1. The fourth-order valence-electron chi connectivity index (χ4n) is 1.88. The van der Waals surface area contributed by atoms with Crippen molar-refractivity contribution in [3.05, 3.63) is 29.8 Å². The van der Waals surface area contributed by atoms with Crippen LogP contribution in [0.3, 0.4) is 0 Å². The molecule has 24 heavy (non-hydrogen) atoms. The Hall–Kier alpha value is -0.870. The van der Waals surface area contributed by atoms with Gasteiger partial charge in [0.15, 0.2) is 5.96 Å². The van der Waals surface area contributed by atoms with Crippen LogP contribution in [0.2, 0.25) is 0 Å². The van der Waals surface area contributed by atoms with E-state index in [0.29, 0.717) is 17.5 Å². The molecule has 0 fully saturated rings. The van der Waals surface area contributed by atoms with Crippen LogP contribution in [-0.2, 0) is 16.6 Å². The van der Waals surface area contributed by atoms with Crippen molar-refractivity contribution < 1.29 is 8.42 Å². The molecule has 0 bridgehead atoms. The Kier molecular flexibility index (Phi) is 9.83. The summed E-state index contributed by atoms with van der Waals surface area (Å²) >= 11 is 0. The Bertz CT molecular complexity index is 628. The maximum atomic E-state index is 12.4. The smallest absolute Gasteiger partial charge is 0.243 e. The highest BCUT2D eigenvalue weighted by molar-refractivity contribution is 14.0. The Morgan fingerprint density at radius 2 is 1.71 bits per heavy atom. The molecule has 2 N–H and O–H groups in total. The van der Waals surface area contributed by atoms with Crippen molar-refractivity contribution >= 4 is 40.0 Å². The minimum absolute atomic E-state index is 0. The molecular weight excluding hydrogens is 439 g/mol. The first-order valence-electron chi connectivity index (χ1n) is 7.72. The molecule has 1 aromatic rings. The lowest BCUT2D eigenvalue weighted by Crippen LogP contribution is -2.40. The molecule has 6 nitrogen and oxygen atoms in total. The molecule has 0 aromatic heterocycles. The average Bonchev–Trinajstić information content (AvgIpc) is 2.50. The van der Waals surface area contributed by atoms with Crippen molar-refractivity contribution in [1.82, 2.24) is 14.9 Å². The molecule has 0 saturated heterocycles. The summed E-state index contributed by atoms with van der Waals surface area (Å²) in [4.78, 5) is 4.44. The average molecular weight is 468 g/mol. The second-order valence-corrected chi connectivity index (χ2v) is 7.98. The Morgan fingerprint density at radius 3 is 2.12 bits per heavy atom. The summed E-state index contributed by atoms with van der Waals surface area (Å²) in [6.07, 6.45) is 0. The van der Waals surface area contributed by atoms with Gasteiger partial charge in [0, 0.05) is 32.7 Å². The van der Waals surface area contributed by atoms with Crippen LogP contribution >= 0.6 is 24.0 Å². The lowest BCUT2D eigenvalue weighted by Gasteiger charge is -2.21. The first-order chi connectivity index (χ1) is 10.7. The SMILES string of the molecule is CN=C(NCc1ccc(S(=O)(=O)N(C)C(C)C)cc1)NC(C)C.I. The fourth-order valence-corrected chi connectivity index (χ4v) is 3.24. The van der Waals surface area contributed by atoms with Crippen LogP contribution in [0, 0.1) is 0 Å². The van der Waals surface area contributed by atoms with Crippen LogP contribution in [0.4, 0.5) is 0 Å². The predicted molar refractivity (Wildman–Crippen MR) is 110 cm³/mol. The number of hydrogen-bond donors (Lipinski definition) is 2. The number of sulfonamides is 1. The molecule has 0 aliphatic rings. The van der Waals surface area contributed by atoms with Gasteiger partial charge in [-0.2, -0.15) is 4.31 Å². The molecule has 0 unspecified atom stereocenters. The van der Waals surface area contributed by atoms with Gasteiger partial charge in [0.1, 0.15) is 0 Å². The standard InChI is InChI=1S/C16H28N4O2S.HI/c1-12(2)19-16(17-5)18-11-14-7-9-15(10-8-14)23(21,22)20(6)13(3)4;/h7-10,12-13H,11H2,1-6H3,(H2,17,18,19);1H. The van der Waals surface area contributed by atoms with Crippen molar-refractivity contribution in [2.24, 2.45) is 4.99 Å². The number of nitrogens with zero attached hydrogens (tertiary/aromatic N) is 2. The number of aliphatic imine (C=N–C) groups is 1. The maximum absolute atomic E-state index is 12.4. The Balaban J connectivity index is 0.00000529. The van der Waals surface area contributed by atoms with Gasteiger partial charge < -0.3 is 10.6 Å². The number of hydrogen-bond acceptors (Lipinski definition) is 3. The first kappa shape index (κ1) is 23.1. The van der Waals surface area contributed by atoms with Crippen LogP contribution in [0.25, 0.3) is 0 Å². The molecule has 138 valence electrons. The molecule has 0 aliphatic heterocycles. The first-order valence-corrected chi connectivity index (χ1v) is 9.16. The molecule has 0 amide bonds. The molecule has 0 aliphatic carbocycles. The monoisotopic (exact) mass is 468 g/mol. The molecule has 0 heterocycles. The number of rotatable bonds is 6. The minimum atomic E-state index is -3.43. The molecule has 1 aromatic carbocycles. The summed E-state index contributed by atoms with van der Waals surface area (Å²) in [6, 6.07) is 7.13. The zero-order valence-electron chi connectivity index (χ0n) is 15.2. The second-order valence-electron chi connectivity index (χ2n) is 5.98. The van der Waals surface area contributed by atoms with E-state index in [0.717, 1.165) is 11.5 Å². The van der Waals surface area contributed by atoms with E-state index in [4.69, 9.17) is 0 Å². The van der Waals surface area contributed by atoms with Gasteiger partial charge in [0.2, 0.25) is 10.0 Å². The second kappa shape index (κ2) is 10.2. The van der Waals surface area contributed by atoms with Crippen LogP contribution in [0.5, 0.6) is 0 Å². The van der Waals surface area contributed by atoms with E-state index in [9.17, 15) is 8.42 Å². The van der Waals surface area contributed by atoms with E-state index in [1.807, 2.05) is 39.8 Å². The van der Waals surface area contributed by atoms with Gasteiger partial charge >= 0.3 is 0 Å². The maximum Gasteiger partial charge on any atom is 0.243 e. The molecule has 0 atom stereocenters. The van der Waals surface area contributed by atoms with E-state index < -0.39 is 10.0 Å². The number of nitrogens with one attached hydrogen (secondary N) is 2. The summed E-state index contributed by atoms with van der Waals surface area (Å²) in [7, 11) is -0.118. The zero-order valence-corrected chi connectivity index (χ0v) is 18.3. The van der Waals surface area contributed by atoms with Crippen molar-refractivity contribution in [3.63, 3.8) is 0 Å². The van der Waals surface area contributed by atoms with E-state index in [-0.39, 0.29) is 30.0 Å². The highest BCUT2D eigenvalue weighted by Gasteiger charge is 2.22. The van der Waals surface area contributed by atoms with Gasteiger partial charge in [-0.1, -0.05) is 12.1 Å².